The van der Waals surface area contributed by atoms with Crippen LogP contribution in [0.4, 0.5) is 18.0 Å². The number of aliphatic imine (C=N–C) groups is 1. The smallest absolute Gasteiger partial charge is 0.434 e. The molecule has 146 valence electrons. The second kappa shape index (κ2) is 6.21. The summed E-state index contributed by atoms with van der Waals surface area (Å²) in [6.07, 6.45) is -6.81. The van der Waals surface area contributed by atoms with Gasteiger partial charge in [0.2, 0.25) is 5.91 Å². The molecule has 1 aliphatic heterocycles. The summed E-state index contributed by atoms with van der Waals surface area (Å²) in [5.41, 5.74) is -0.265. The van der Waals surface area contributed by atoms with Gasteiger partial charge < -0.3 is 14.7 Å². The van der Waals surface area contributed by atoms with Crippen molar-refractivity contribution in [2.24, 2.45) is 22.7 Å². The number of ether oxygens (including phenoxy) is 1. The van der Waals surface area contributed by atoms with E-state index >= 15 is 0 Å². The summed E-state index contributed by atoms with van der Waals surface area (Å²) in [5, 5.41) is 10.6. The molecule has 9 heteroatoms. The fraction of sp³-hybridized carbons (Fsp3) is 0.824. The van der Waals surface area contributed by atoms with Crippen LogP contribution < -0.4 is 0 Å². The Kier molecular flexibility index (Phi) is 4.57. The lowest BCUT2D eigenvalue weighted by atomic mass is 9.76. The number of aliphatic hydroxyl groups is 1. The van der Waals surface area contributed by atoms with Gasteiger partial charge in [-0.3, -0.25) is 4.79 Å². The van der Waals surface area contributed by atoms with Gasteiger partial charge >= 0.3 is 12.3 Å². The van der Waals surface area contributed by atoms with E-state index in [-0.39, 0.29) is 12.5 Å². The van der Waals surface area contributed by atoms with Crippen LogP contribution in [0.3, 0.4) is 0 Å². The van der Waals surface area contributed by atoms with Crippen LogP contribution in [0, 0.1) is 17.8 Å². The summed E-state index contributed by atoms with van der Waals surface area (Å²) in [6, 6.07) is -0.755. The number of hydrogen-bond acceptors (Lipinski definition) is 4. The van der Waals surface area contributed by atoms with E-state index in [9.17, 15) is 27.9 Å². The number of rotatable bonds is 1. The number of piperidine rings is 1. The standard InChI is InChI=1S/C17H23F3N2O4/c1-16(2,3)26-15(25)21-12-9-4-8-5-10(12)14(24)13(9)22(7-8)11(23)6-17(18,19)20/h8-10,13-14,24H,4-7H2,1-3H3/t8?,9-,10+,13?,14-/m0/s1. The molecule has 2 saturated carbocycles. The minimum Gasteiger partial charge on any atom is -0.442 e. The van der Waals surface area contributed by atoms with Gasteiger partial charge in [0.25, 0.3) is 0 Å². The van der Waals surface area contributed by atoms with E-state index in [0.29, 0.717) is 18.6 Å². The Bertz CT molecular complexity index is 641. The normalized spacial score (nSPS) is 35.1. The first kappa shape index (κ1) is 19.1. The summed E-state index contributed by atoms with van der Waals surface area (Å²) in [4.78, 5) is 29.4. The first-order valence-electron chi connectivity index (χ1n) is 8.71. The number of alkyl halides is 3. The van der Waals surface area contributed by atoms with E-state index in [2.05, 4.69) is 4.99 Å². The number of hydrogen-bond donors (Lipinski definition) is 1. The van der Waals surface area contributed by atoms with Crippen molar-refractivity contribution in [3.05, 3.63) is 0 Å². The highest BCUT2D eigenvalue weighted by Gasteiger charge is 2.59. The van der Waals surface area contributed by atoms with Crippen LogP contribution in [0.25, 0.3) is 0 Å². The second-order valence-electron chi connectivity index (χ2n) is 8.39. The molecule has 2 amide bonds. The van der Waals surface area contributed by atoms with Crippen LogP contribution in [0.1, 0.15) is 40.0 Å². The third-order valence-corrected chi connectivity index (χ3v) is 5.21. The maximum atomic E-state index is 12.6. The number of aliphatic hydroxyl groups excluding tert-OH is 1. The Labute approximate surface area is 149 Å². The Morgan fingerprint density at radius 1 is 1.23 bits per heavy atom. The van der Waals surface area contributed by atoms with E-state index < -0.39 is 54.2 Å². The summed E-state index contributed by atoms with van der Waals surface area (Å²) >= 11 is 0. The van der Waals surface area contributed by atoms with E-state index in [1.54, 1.807) is 20.8 Å². The molecule has 5 atom stereocenters. The van der Waals surface area contributed by atoms with Gasteiger partial charge in [-0.25, -0.2) is 4.79 Å². The monoisotopic (exact) mass is 376 g/mol. The number of halogens is 3. The van der Waals surface area contributed by atoms with Gasteiger partial charge in [-0.05, 0) is 39.5 Å². The van der Waals surface area contributed by atoms with Crippen molar-refractivity contribution in [1.29, 1.82) is 0 Å². The molecule has 0 aromatic rings. The third-order valence-electron chi connectivity index (χ3n) is 5.21. The topological polar surface area (TPSA) is 79.2 Å². The number of amides is 2. The average molecular weight is 376 g/mol. The van der Waals surface area contributed by atoms with Crippen molar-refractivity contribution in [3.63, 3.8) is 0 Å². The van der Waals surface area contributed by atoms with Gasteiger partial charge in [0.15, 0.2) is 0 Å². The Hall–Kier alpha value is -1.64. The van der Waals surface area contributed by atoms with Crippen LogP contribution in [-0.2, 0) is 9.53 Å². The maximum Gasteiger partial charge on any atom is 0.434 e. The Morgan fingerprint density at radius 2 is 1.85 bits per heavy atom. The summed E-state index contributed by atoms with van der Waals surface area (Å²) in [6.45, 7) is 5.32. The predicted octanol–water partition coefficient (Wildman–Crippen LogP) is 2.54. The van der Waals surface area contributed by atoms with Crippen molar-refractivity contribution < 1.29 is 32.6 Å². The molecule has 3 aliphatic rings. The highest BCUT2D eigenvalue weighted by molar-refractivity contribution is 6.00. The van der Waals surface area contributed by atoms with Gasteiger partial charge in [0.05, 0.1) is 12.1 Å². The summed E-state index contributed by atoms with van der Waals surface area (Å²) < 4.78 is 43.0. The van der Waals surface area contributed by atoms with Crippen molar-refractivity contribution in [1.82, 2.24) is 4.90 Å². The molecule has 26 heavy (non-hydrogen) atoms. The van der Waals surface area contributed by atoms with Gasteiger partial charge in [0.1, 0.15) is 12.0 Å². The third kappa shape index (κ3) is 3.72. The molecule has 3 bridgehead atoms. The van der Waals surface area contributed by atoms with Crippen LogP contribution in [0.2, 0.25) is 0 Å². The number of carbonyl (C=O) groups is 2. The molecule has 2 unspecified atom stereocenters. The zero-order chi connectivity index (χ0) is 19.4. The van der Waals surface area contributed by atoms with Crippen molar-refractivity contribution >= 4 is 17.7 Å². The van der Waals surface area contributed by atoms with Crippen molar-refractivity contribution in [2.75, 3.05) is 6.54 Å². The van der Waals surface area contributed by atoms with E-state index in [1.807, 2.05) is 0 Å². The first-order chi connectivity index (χ1) is 11.9. The highest BCUT2D eigenvalue weighted by Crippen LogP contribution is 2.49. The van der Waals surface area contributed by atoms with Crippen LogP contribution in [0.15, 0.2) is 4.99 Å². The number of nitrogens with zero attached hydrogens (tertiary/aromatic N) is 2. The average Bonchev–Trinajstić information content (AvgIpc) is 2.57. The molecule has 0 aromatic heterocycles. The lowest BCUT2D eigenvalue weighted by Gasteiger charge is -2.42. The van der Waals surface area contributed by atoms with E-state index in [0.717, 1.165) is 4.90 Å². The largest absolute Gasteiger partial charge is 0.442 e. The minimum atomic E-state index is -4.59. The molecule has 0 spiro atoms. The fourth-order valence-electron chi connectivity index (χ4n) is 4.48. The van der Waals surface area contributed by atoms with Crippen LogP contribution >= 0.6 is 0 Å². The lowest BCUT2D eigenvalue weighted by molar-refractivity contribution is -0.166. The molecule has 3 rings (SSSR count). The van der Waals surface area contributed by atoms with Gasteiger partial charge in [-0.15, -0.1) is 0 Å². The van der Waals surface area contributed by atoms with Gasteiger partial charge in [-0.2, -0.15) is 18.2 Å². The number of fused-ring (bicyclic) bond motifs is 2. The molecule has 3 fully saturated rings. The SMILES string of the molecule is CC(C)(C)OC(=O)N=C1[C@H]2CC3C[C@@H]1C([C@H]2O)N(C(=O)CC(F)(F)F)C3. The zero-order valence-corrected chi connectivity index (χ0v) is 14.9. The molecule has 1 saturated heterocycles. The van der Waals surface area contributed by atoms with E-state index in [1.165, 1.54) is 0 Å². The summed E-state index contributed by atoms with van der Waals surface area (Å²) in [5.74, 6) is -1.84. The van der Waals surface area contributed by atoms with Gasteiger partial charge in [0, 0.05) is 24.1 Å². The van der Waals surface area contributed by atoms with Crippen LogP contribution in [0.5, 0.6) is 0 Å². The minimum absolute atomic E-state index is 0.00756. The molecule has 0 radical (unpaired) electrons. The fourth-order valence-corrected chi connectivity index (χ4v) is 4.48. The molecule has 2 aliphatic carbocycles. The second-order valence-corrected chi connectivity index (χ2v) is 8.39. The number of carbonyl (C=O) groups excluding carboxylic acids is 2. The summed E-state index contributed by atoms with van der Waals surface area (Å²) in [7, 11) is 0. The van der Waals surface area contributed by atoms with Gasteiger partial charge in [-0.1, -0.05) is 0 Å². The van der Waals surface area contributed by atoms with Crippen molar-refractivity contribution in [3.8, 4) is 0 Å². The Morgan fingerprint density at radius 3 is 2.42 bits per heavy atom. The molecule has 1 heterocycles. The molecule has 1 N–H and O–H groups in total. The predicted molar refractivity (Wildman–Crippen MR) is 85.6 cm³/mol. The quantitative estimate of drug-likeness (QED) is 0.763. The molecular weight excluding hydrogens is 353 g/mol. The van der Waals surface area contributed by atoms with Crippen LogP contribution in [-0.4, -0.2) is 58.2 Å². The van der Waals surface area contributed by atoms with Crippen molar-refractivity contribution in [2.45, 2.75) is 64.0 Å². The van der Waals surface area contributed by atoms with E-state index in [4.69, 9.17) is 4.74 Å². The molecule has 6 nitrogen and oxygen atoms in total. The molecule has 0 aromatic carbocycles. The zero-order valence-electron chi connectivity index (χ0n) is 14.9. The maximum absolute atomic E-state index is 12.6. The Balaban J connectivity index is 1.84. The first-order valence-corrected chi connectivity index (χ1v) is 8.71. The lowest BCUT2D eigenvalue weighted by Crippen LogP contribution is -2.54. The highest BCUT2D eigenvalue weighted by atomic mass is 19.4. The molecular formula is C17H23F3N2O4. The number of likely N-dealkylation sites (tertiary alicyclic amines) is 1.